The summed E-state index contributed by atoms with van der Waals surface area (Å²) >= 11 is 1.60. The van der Waals surface area contributed by atoms with Crippen LogP contribution in [0, 0.1) is 6.92 Å². The Balaban J connectivity index is 2.57. The van der Waals surface area contributed by atoms with Crippen molar-refractivity contribution in [1.29, 1.82) is 0 Å². The predicted molar refractivity (Wildman–Crippen MR) is 69.9 cm³/mol. The largest absolute Gasteiger partial charge is 0.383 e. The molecule has 0 aromatic carbocycles. The molecule has 0 aliphatic rings. The predicted octanol–water partition coefficient (Wildman–Crippen LogP) is 1.98. The van der Waals surface area contributed by atoms with Crippen LogP contribution in [0.15, 0.2) is 10.9 Å². The van der Waals surface area contributed by atoms with Crippen molar-refractivity contribution in [2.24, 2.45) is 0 Å². The van der Waals surface area contributed by atoms with Gasteiger partial charge >= 0.3 is 0 Å². The Morgan fingerprint density at radius 1 is 1.53 bits per heavy atom. The number of aryl methyl sites for hydroxylation is 2. The number of rotatable bonds is 4. The standard InChI is InChI=1S/C12H16N2O2S/c1-4-9-7-10-11(17-9)13-8(2)14(12(10)15)5-6-16-3/h7H,4-6H2,1-3H3. The van der Waals surface area contributed by atoms with Gasteiger partial charge < -0.3 is 4.74 Å². The van der Waals surface area contributed by atoms with E-state index in [1.165, 1.54) is 4.88 Å². The van der Waals surface area contributed by atoms with E-state index in [-0.39, 0.29) is 5.56 Å². The molecule has 2 rings (SSSR count). The van der Waals surface area contributed by atoms with Crippen LogP contribution in [0.5, 0.6) is 0 Å². The van der Waals surface area contributed by atoms with E-state index in [2.05, 4.69) is 11.9 Å². The van der Waals surface area contributed by atoms with Gasteiger partial charge in [0.15, 0.2) is 0 Å². The smallest absolute Gasteiger partial charge is 0.262 e. The Bertz CT molecular complexity index is 586. The average molecular weight is 252 g/mol. The van der Waals surface area contributed by atoms with E-state index in [4.69, 9.17) is 4.74 Å². The maximum atomic E-state index is 12.3. The molecule has 0 aliphatic heterocycles. The molecule has 0 saturated heterocycles. The third kappa shape index (κ3) is 2.25. The Morgan fingerprint density at radius 2 is 2.29 bits per heavy atom. The zero-order valence-electron chi connectivity index (χ0n) is 10.3. The molecule has 2 aromatic heterocycles. The van der Waals surface area contributed by atoms with Crippen molar-refractivity contribution in [3.63, 3.8) is 0 Å². The molecule has 0 atom stereocenters. The van der Waals surface area contributed by atoms with Gasteiger partial charge in [-0.3, -0.25) is 9.36 Å². The average Bonchev–Trinajstić information content (AvgIpc) is 2.72. The lowest BCUT2D eigenvalue weighted by Crippen LogP contribution is -2.25. The van der Waals surface area contributed by atoms with E-state index in [0.29, 0.717) is 13.2 Å². The second-order valence-corrected chi connectivity index (χ2v) is 5.01. The van der Waals surface area contributed by atoms with Crippen molar-refractivity contribution < 1.29 is 4.74 Å². The zero-order valence-corrected chi connectivity index (χ0v) is 11.1. The first-order valence-corrected chi connectivity index (χ1v) is 6.47. The first-order valence-electron chi connectivity index (χ1n) is 5.66. The normalized spacial score (nSPS) is 11.2. The van der Waals surface area contributed by atoms with Crippen LogP contribution < -0.4 is 5.56 Å². The lowest BCUT2D eigenvalue weighted by molar-refractivity contribution is 0.185. The van der Waals surface area contributed by atoms with E-state index < -0.39 is 0 Å². The quantitative estimate of drug-likeness (QED) is 0.835. The molecule has 0 bridgehead atoms. The summed E-state index contributed by atoms with van der Waals surface area (Å²) in [6.07, 6.45) is 0.942. The van der Waals surface area contributed by atoms with Gasteiger partial charge in [-0.1, -0.05) is 6.92 Å². The minimum Gasteiger partial charge on any atom is -0.383 e. The Labute approximate surface area is 104 Å². The highest BCUT2D eigenvalue weighted by Crippen LogP contribution is 2.21. The summed E-state index contributed by atoms with van der Waals surface area (Å²) in [6, 6.07) is 1.96. The summed E-state index contributed by atoms with van der Waals surface area (Å²) in [7, 11) is 1.63. The number of thiophene rings is 1. The molecule has 0 fully saturated rings. The molecule has 0 unspecified atom stereocenters. The van der Waals surface area contributed by atoms with Gasteiger partial charge in [-0.05, 0) is 19.4 Å². The number of methoxy groups -OCH3 is 1. The third-order valence-corrected chi connectivity index (χ3v) is 3.93. The molecule has 2 heterocycles. The maximum absolute atomic E-state index is 12.3. The molecule has 2 aromatic rings. The summed E-state index contributed by atoms with van der Waals surface area (Å²) in [4.78, 5) is 18.8. The minimum atomic E-state index is 0.0421. The highest BCUT2D eigenvalue weighted by molar-refractivity contribution is 7.18. The maximum Gasteiger partial charge on any atom is 0.262 e. The van der Waals surface area contributed by atoms with Gasteiger partial charge in [0, 0.05) is 12.0 Å². The molecule has 0 radical (unpaired) electrons. The van der Waals surface area contributed by atoms with Crippen molar-refractivity contribution >= 4 is 21.6 Å². The summed E-state index contributed by atoms with van der Waals surface area (Å²) in [5.74, 6) is 0.754. The first kappa shape index (κ1) is 12.3. The topological polar surface area (TPSA) is 44.1 Å². The third-order valence-electron chi connectivity index (χ3n) is 2.76. The van der Waals surface area contributed by atoms with Crippen LogP contribution in [0.4, 0.5) is 0 Å². The Hall–Kier alpha value is -1.20. The van der Waals surface area contributed by atoms with Gasteiger partial charge in [0.2, 0.25) is 0 Å². The highest BCUT2D eigenvalue weighted by Gasteiger charge is 2.10. The van der Waals surface area contributed by atoms with E-state index >= 15 is 0 Å². The van der Waals surface area contributed by atoms with E-state index in [9.17, 15) is 4.79 Å². The lowest BCUT2D eigenvalue weighted by atomic mass is 10.3. The van der Waals surface area contributed by atoms with Crippen molar-refractivity contribution in [3.8, 4) is 0 Å². The number of hydrogen-bond donors (Lipinski definition) is 0. The molecule has 0 amide bonds. The lowest BCUT2D eigenvalue weighted by Gasteiger charge is -2.07. The van der Waals surface area contributed by atoms with Gasteiger partial charge in [0.05, 0.1) is 18.5 Å². The molecule has 0 saturated carbocycles. The van der Waals surface area contributed by atoms with Crippen LogP contribution in [0.2, 0.25) is 0 Å². The fraction of sp³-hybridized carbons (Fsp3) is 0.500. The Kier molecular flexibility index (Phi) is 3.59. The number of aromatic nitrogens is 2. The fourth-order valence-electron chi connectivity index (χ4n) is 1.79. The van der Waals surface area contributed by atoms with Crippen LogP contribution in [0.3, 0.4) is 0 Å². The molecule has 4 nitrogen and oxygen atoms in total. The number of fused-ring (bicyclic) bond motifs is 1. The van der Waals surface area contributed by atoms with Gasteiger partial charge in [0.25, 0.3) is 5.56 Å². The van der Waals surface area contributed by atoms with Crippen LogP contribution in [0.25, 0.3) is 10.2 Å². The van der Waals surface area contributed by atoms with Gasteiger partial charge in [-0.15, -0.1) is 11.3 Å². The summed E-state index contributed by atoms with van der Waals surface area (Å²) in [6.45, 7) is 5.03. The van der Waals surface area contributed by atoms with Crippen molar-refractivity contribution in [2.45, 2.75) is 26.8 Å². The minimum absolute atomic E-state index is 0.0421. The molecule has 17 heavy (non-hydrogen) atoms. The molecular weight excluding hydrogens is 236 g/mol. The van der Waals surface area contributed by atoms with Gasteiger partial charge in [-0.25, -0.2) is 4.98 Å². The van der Waals surface area contributed by atoms with E-state index in [1.807, 2.05) is 13.0 Å². The molecule has 5 heteroatoms. The van der Waals surface area contributed by atoms with E-state index in [1.54, 1.807) is 23.0 Å². The van der Waals surface area contributed by atoms with Crippen LogP contribution in [-0.2, 0) is 17.7 Å². The van der Waals surface area contributed by atoms with Crippen molar-refractivity contribution in [3.05, 3.63) is 27.1 Å². The second kappa shape index (κ2) is 4.98. The zero-order chi connectivity index (χ0) is 12.4. The van der Waals surface area contributed by atoms with Gasteiger partial charge in [-0.2, -0.15) is 0 Å². The number of ether oxygens (including phenoxy) is 1. The molecule has 0 spiro atoms. The molecule has 0 aliphatic carbocycles. The molecule has 92 valence electrons. The first-order chi connectivity index (χ1) is 8.17. The van der Waals surface area contributed by atoms with E-state index in [0.717, 1.165) is 22.5 Å². The van der Waals surface area contributed by atoms with Gasteiger partial charge in [0.1, 0.15) is 10.7 Å². The van der Waals surface area contributed by atoms with Crippen molar-refractivity contribution in [1.82, 2.24) is 9.55 Å². The number of nitrogens with zero attached hydrogens (tertiary/aromatic N) is 2. The van der Waals surface area contributed by atoms with Crippen LogP contribution >= 0.6 is 11.3 Å². The monoisotopic (exact) mass is 252 g/mol. The van der Waals surface area contributed by atoms with Crippen LogP contribution in [-0.4, -0.2) is 23.3 Å². The fourth-order valence-corrected chi connectivity index (χ4v) is 2.79. The summed E-state index contributed by atoms with van der Waals surface area (Å²) in [5, 5.41) is 0.730. The Morgan fingerprint density at radius 3 is 2.94 bits per heavy atom. The molecule has 0 N–H and O–H groups in total. The SMILES string of the molecule is CCc1cc2c(=O)n(CCOC)c(C)nc2s1. The summed E-state index contributed by atoms with van der Waals surface area (Å²) in [5.41, 5.74) is 0.0421. The second-order valence-electron chi connectivity index (χ2n) is 3.89. The highest BCUT2D eigenvalue weighted by atomic mass is 32.1. The number of hydrogen-bond acceptors (Lipinski definition) is 4. The van der Waals surface area contributed by atoms with Crippen molar-refractivity contribution in [2.75, 3.05) is 13.7 Å². The summed E-state index contributed by atoms with van der Waals surface area (Å²) < 4.78 is 6.69. The van der Waals surface area contributed by atoms with Crippen LogP contribution in [0.1, 0.15) is 17.6 Å². The molecular formula is C12H16N2O2S.